The largest absolute Gasteiger partial charge is 0.306 e. The third-order valence-corrected chi connectivity index (χ3v) is 3.39. The Morgan fingerprint density at radius 1 is 1.31 bits per heavy atom. The van der Waals surface area contributed by atoms with Crippen molar-refractivity contribution in [3.8, 4) is 0 Å². The molecule has 0 bridgehead atoms. The van der Waals surface area contributed by atoms with Gasteiger partial charge in [-0.2, -0.15) is 0 Å². The average molecular weight is 184 g/mol. The minimum absolute atomic E-state index is 0.567. The normalized spacial score (nSPS) is 23.8. The molecule has 1 aliphatic heterocycles. The van der Waals surface area contributed by atoms with Gasteiger partial charge in [0.05, 0.1) is 0 Å². The van der Waals surface area contributed by atoms with Crippen molar-refractivity contribution in [3.05, 3.63) is 0 Å². The van der Waals surface area contributed by atoms with E-state index in [2.05, 4.69) is 37.7 Å². The lowest BCUT2D eigenvalue weighted by Crippen LogP contribution is -2.42. The molecular weight excluding hydrogens is 160 g/mol. The van der Waals surface area contributed by atoms with Crippen LogP contribution in [-0.4, -0.2) is 50.1 Å². The van der Waals surface area contributed by atoms with Gasteiger partial charge in [-0.1, -0.05) is 13.8 Å². The van der Waals surface area contributed by atoms with Gasteiger partial charge in [-0.25, -0.2) is 0 Å². The summed E-state index contributed by atoms with van der Waals surface area (Å²) in [6, 6.07) is 0. The summed E-state index contributed by atoms with van der Waals surface area (Å²) in [5, 5.41) is 0. The van der Waals surface area contributed by atoms with E-state index in [9.17, 15) is 0 Å². The van der Waals surface area contributed by atoms with Gasteiger partial charge in [-0.15, -0.1) is 0 Å². The Hall–Kier alpha value is -0.0800. The van der Waals surface area contributed by atoms with Gasteiger partial charge in [-0.3, -0.25) is 0 Å². The highest BCUT2D eigenvalue weighted by Gasteiger charge is 2.29. The van der Waals surface area contributed by atoms with E-state index in [4.69, 9.17) is 0 Å². The molecule has 0 spiro atoms. The van der Waals surface area contributed by atoms with E-state index in [0.29, 0.717) is 5.41 Å². The van der Waals surface area contributed by atoms with Gasteiger partial charge >= 0.3 is 0 Å². The maximum atomic E-state index is 2.44. The first-order chi connectivity index (χ1) is 6.06. The van der Waals surface area contributed by atoms with Crippen LogP contribution in [0.2, 0.25) is 0 Å². The number of nitrogens with zero attached hydrogens (tertiary/aromatic N) is 2. The SMILES string of the molecule is CCN(C)CC1(C)CCN(C)CC1. The predicted octanol–water partition coefficient (Wildman–Crippen LogP) is 1.67. The van der Waals surface area contributed by atoms with Crippen LogP contribution >= 0.6 is 0 Å². The van der Waals surface area contributed by atoms with Crippen LogP contribution < -0.4 is 0 Å². The van der Waals surface area contributed by atoms with Crippen LogP contribution in [0.1, 0.15) is 26.7 Å². The summed E-state index contributed by atoms with van der Waals surface area (Å²) in [4.78, 5) is 4.87. The number of piperidine rings is 1. The molecular formula is C11H24N2. The highest BCUT2D eigenvalue weighted by molar-refractivity contribution is 4.83. The van der Waals surface area contributed by atoms with E-state index in [1.165, 1.54) is 39.0 Å². The zero-order chi connectivity index (χ0) is 9.90. The van der Waals surface area contributed by atoms with Crippen molar-refractivity contribution in [2.45, 2.75) is 26.7 Å². The van der Waals surface area contributed by atoms with E-state index in [1.54, 1.807) is 0 Å². The molecule has 0 aromatic carbocycles. The fraction of sp³-hybridized carbons (Fsp3) is 1.00. The molecule has 0 unspecified atom stereocenters. The van der Waals surface area contributed by atoms with Crippen molar-refractivity contribution in [2.75, 3.05) is 40.3 Å². The Morgan fingerprint density at radius 3 is 2.31 bits per heavy atom. The van der Waals surface area contributed by atoms with Crippen LogP contribution in [0, 0.1) is 5.41 Å². The molecule has 0 aliphatic carbocycles. The number of hydrogen-bond donors (Lipinski definition) is 0. The van der Waals surface area contributed by atoms with Crippen LogP contribution in [0.3, 0.4) is 0 Å². The van der Waals surface area contributed by atoms with E-state index >= 15 is 0 Å². The zero-order valence-electron chi connectivity index (χ0n) is 9.64. The molecule has 1 fully saturated rings. The van der Waals surface area contributed by atoms with E-state index in [0.717, 1.165) is 0 Å². The van der Waals surface area contributed by atoms with Crippen LogP contribution in [0.4, 0.5) is 0 Å². The molecule has 0 amide bonds. The Balaban J connectivity index is 2.38. The molecule has 1 aliphatic rings. The Bertz CT molecular complexity index is 148. The van der Waals surface area contributed by atoms with E-state index in [-0.39, 0.29) is 0 Å². The topological polar surface area (TPSA) is 6.48 Å². The Kier molecular flexibility index (Phi) is 3.74. The minimum Gasteiger partial charge on any atom is -0.306 e. The summed E-state index contributed by atoms with van der Waals surface area (Å²) in [6.45, 7) is 9.65. The highest BCUT2D eigenvalue weighted by atomic mass is 15.1. The second kappa shape index (κ2) is 4.43. The zero-order valence-corrected chi connectivity index (χ0v) is 9.64. The number of rotatable bonds is 3. The summed E-state index contributed by atoms with van der Waals surface area (Å²) in [5.41, 5.74) is 0.567. The summed E-state index contributed by atoms with van der Waals surface area (Å²) < 4.78 is 0. The average Bonchev–Trinajstić information content (AvgIpc) is 2.10. The van der Waals surface area contributed by atoms with Gasteiger partial charge in [0.1, 0.15) is 0 Å². The van der Waals surface area contributed by atoms with Crippen LogP contribution in [-0.2, 0) is 0 Å². The van der Waals surface area contributed by atoms with Crippen molar-refractivity contribution >= 4 is 0 Å². The lowest BCUT2D eigenvalue weighted by atomic mass is 9.80. The molecule has 1 saturated heterocycles. The van der Waals surface area contributed by atoms with E-state index < -0.39 is 0 Å². The number of likely N-dealkylation sites (tertiary alicyclic amines) is 1. The first-order valence-electron chi connectivity index (χ1n) is 5.43. The molecule has 2 nitrogen and oxygen atoms in total. The predicted molar refractivity (Wildman–Crippen MR) is 58.0 cm³/mol. The van der Waals surface area contributed by atoms with Crippen molar-refractivity contribution in [1.29, 1.82) is 0 Å². The summed E-state index contributed by atoms with van der Waals surface area (Å²) >= 11 is 0. The Morgan fingerprint density at radius 2 is 1.85 bits per heavy atom. The third kappa shape index (κ3) is 3.28. The minimum atomic E-state index is 0.567. The first kappa shape index (κ1) is 11.0. The second-order valence-corrected chi connectivity index (χ2v) is 4.94. The molecule has 0 aromatic rings. The quantitative estimate of drug-likeness (QED) is 0.658. The molecule has 13 heavy (non-hydrogen) atoms. The summed E-state index contributed by atoms with van der Waals surface area (Å²) in [7, 11) is 4.45. The first-order valence-corrected chi connectivity index (χ1v) is 5.43. The maximum absolute atomic E-state index is 2.44. The summed E-state index contributed by atoms with van der Waals surface area (Å²) in [6.07, 6.45) is 2.71. The molecule has 0 aromatic heterocycles. The van der Waals surface area contributed by atoms with Crippen LogP contribution in [0.5, 0.6) is 0 Å². The van der Waals surface area contributed by atoms with Gasteiger partial charge in [0.25, 0.3) is 0 Å². The maximum Gasteiger partial charge on any atom is 0.00331 e. The lowest BCUT2D eigenvalue weighted by molar-refractivity contribution is 0.0997. The molecule has 0 radical (unpaired) electrons. The van der Waals surface area contributed by atoms with Gasteiger partial charge in [-0.05, 0) is 52.0 Å². The van der Waals surface area contributed by atoms with Crippen LogP contribution in [0.15, 0.2) is 0 Å². The van der Waals surface area contributed by atoms with Crippen molar-refractivity contribution < 1.29 is 0 Å². The van der Waals surface area contributed by atoms with Crippen molar-refractivity contribution in [1.82, 2.24) is 9.80 Å². The molecule has 0 saturated carbocycles. The Labute approximate surface area is 82.9 Å². The highest BCUT2D eigenvalue weighted by Crippen LogP contribution is 2.30. The molecule has 0 atom stereocenters. The van der Waals surface area contributed by atoms with Gasteiger partial charge in [0.2, 0.25) is 0 Å². The van der Waals surface area contributed by atoms with Crippen molar-refractivity contribution in [3.63, 3.8) is 0 Å². The second-order valence-electron chi connectivity index (χ2n) is 4.94. The smallest absolute Gasteiger partial charge is 0.00331 e. The van der Waals surface area contributed by atoms with Gasteiger partial charge < -0.3 is 9.80 Å². The van der Waals surface area contributed by atoms with Crippen molar-refractivity contribution in [2.24, 2.45) is 5.41 Å². The van der Waals surface area contributed by atoms with Crippen LogP contribution in [0.25, 0.3) is 0 Å². The standard InChI is InChI=1S/C11H24N2/c1-5-12(3)10-11(2)6-8-13(4)9-7-11/h5-10H2,1-4H3. The monoisotopic (exact) mass is 184 g/mol. The summed E-state index contributed by atoms with van der Waals surface area (Å²) in [5.74, 6) is 0. The molecule has 2 heteroatoms. The molecule has 0 N–H and O–H groups in total. The van der Waals surface area contributed by atoms with Gasteiger partial charge in [0, 0.05) is 6.54 Å². The van der Waals surface area contributed by atoms with E-state index in [1.807, 2.05) is 0 Å². The molecule has 1 heterocycles. The number of hydrogen-bond acceptors (Lipinski definition) is 2. The lowest BCUT2D eigenvalue weighted by Gasteiger charge is -2.40. The molecule has 78 valence electrons. The fourth-order valence-corrected chi connectivity index (χ4v) is 2.08. The fourth-order valence-electron chi connectivity index (χ4n) is 2.08. The van der Waals surface area contributed by atoms with Gasteiger partial charge in [0.15, 0.2) is 0 Å². The molecule has 1 rings (SSSR count). The third-order valence-electron chi connectivity index (χ3n) is 3.39.